The smallest absolute Gasteiger partial charge is 0.256 e. The number of tetrazole rings is 1. The van der Waals surface area contributed by atoms with Crippen LogP contribution in [0.15, 0.2) is 36.9 Å². The molecule has 2 N–H and O–H groups in total. The Hall–Kier alpha value is -3.53. The number of rotatable bonds is 9. The van der Waals surface area contributed by atoms with Crippen LogP contribution in [0.4, 0.5) is 5.00 Å². The van der Waals surface area contributed by atoms with Crippen LogP contribution in [0.1, 0.15) is 56.7 Å². The average molecular weight is 467 g/mol. The number of benzene rings is 1. The van der Waals surface area contributed by atoms with Gasteiger partial charge in [-0.25, -0.2) is 4.68 Å². The predicted octanol–water partition coefficient (Wildman–Crippen LogP) is 3.38. The topological polar surface area (TPSA) is 111 Å². The number of ether oxygens (including phenoxy) is 1. The standard InChI is InChI=1S/C23H26N6O3S/c1-3-13-24-22(31)20-17-7-5-6-8-18(17)33-23(20)25-21(30)15-9-11-16(12-10-15)32-14-19-26-27-28-29(19)4-2/h3,9-12H,1,4-8,13-14H2,2H3,(H,24,31)(H,25,30). The van der Waals surface area contributed by atoms with Crippen LogP contribution in [0, 0.1) is 0 Å². The van der Waals surface area contributed by atoms with Crippen molar-refractivity contribution < 1.29 is 14.3 Å². The Labute approximate surface area is 195 Å². The highest BCUT2D eigenvalue weighted by Gasteiger charge is 2.26. The van der Waals surface area contributed by atoms with Gasteiger partial charge < -0.3 is 15.4 Å². The van der Waals surface area contributed by atoms with E-state index in [1.165, 1.54) is 16.2 Å². The predicted molar refractivity (Wildman–Crippen MR) is 126 cm³/mol. The highest BCUT2D eigenvalue weighted by Crippen LogP contribution is 2.38. The molecule has 2 amide bonds. The molecule has 2 aromatic heterocycles. The molecule has 2 heterocycles. The fraction of sp³-hybridized carbons (Fsp3) is 0.348. The molecule has 1 aliphatic rings. The van der Waals surface area contributed by atoms with Crippen molar-refractivity contribution in [3.05, 3.63) is 64.3 Å². The largest absolute Gasteiger partial charge is 0.486 e. The van der Waals surface area contributed by atoms with Gasteiger partial charge in [0.05, 0.1) is 5.56 Å². The molecule has 1 aromatic carbocycles. The number of carbonyl (C=O) groups is 2. The van der Waals surface area contributed by atoms with E-state index in [0.29, 0.717) is 40.8 Å². The molecule has 0 fully saturated rings. The lowest BCUT2D eigenvalue weighted by Gasteiger charge is -2.13. The zero-order chi connectivity index (χ0) is 23.2. The molecule has 0 saturated carbocycles. The number of carbonyl (C=O) groups excluding carboxylic acids is 2. The van der Waals surface area contributed by atoms with Crippen molar-refractivity contribution in [2.45, 2.75) is 45.8 Å². The van der Waals surface area contributed by atoms with Crippen molar-refractivity contribution in [2.24, 2.45) is 0 Å². The molecule has 4 rings (SSSR count). The first kappa shape index (κ1) is 22.7. The van der Waals surface area contributed by atoms with Gasteiger partial charge in [-0.3, -0.25) is 9.59 Å². The van der Waals surface area contributed by atoms with Crippen LogP contribution in [0.25, 0.3) is 0 Å². The van der Waals surface area contributed by atoms with E-state index in [9.17, 15) is 9.59 Å². The van der Waals surface area contributed by atoms with E-state index in [-0.39, 0.29) is 18.4 Å². The SMILES string of the molecule is C=CCNC(=O)c1c(NC(=O)c2ccc(OCc3nnnn3CC)cc2)sc2c1CCCC2. The Morgan fingerprint density at radius 1 is 1.21 bits per heavy atom. The lowest BCUT2D eigenvalue weighted by atomic mass is 9.95. The van der Waals surface area contributed by atoms with Gasteiger partial charge in [-0.05, 0) is 72.9 Å². The monoisotopic (exact) mass is 466 g/mol. The zero-order valence-corrected chi connectivity index (χ0v) is 19.3. The van der Waals surface area contributed by atoms with E-state index in [1.807, 2.05) is 6.92 Å². The minimum Gasteiger partial charge on any atom is -0.486 e. The number of thiophene rings is 1. The Bertz CT molecular complexity index is 1150. The van der Waals surface area contributed by atoms with Gasteiger partial charge in [0.2, 0.25) is 0 Å². The molecule has 1 aliphatic carbocycles. The highest BCUT2D eigenvalue weighted by atomic mass is 32.1. The molecule has 0 atom stereocenters. The summed E-state index contributed by atoms with van der Waals surface area (Å²) in [7, 11) is 0. The van der Waals surface area contributed by atoms with Gasteiger partial charge in [0.15, 0.2) is 5.82 Å². The number of hydrogen-bond acceptors (Lipinski definition) is 7. The molecule has 0 unspecified atom stereocenters. The molecule has 172 valence electrons. The van der Waals surface area contributed by atoms with Crippen LogP contribution in [-0.2, 0) is 26.0 Å². The van der Waals surface area contributed by atoms with Crippen molar-refractivity contribution in [2.75, 3.05) is 11.9 Å². The summed E-state index contributed by atoms with van der Waals surface area (Å²) in [4.78, 5) is 26.9. The van der Waals surface area contributed by atoms with Gasteiger partial charge in [0.1, 0.15) is 17.4 Å². The van der Waals surface area contributed by atoms with E-state index in [1.54, 1.807) is 35.0 Å². The fourth-order valence-electron chi connectivity index (χ4n) is 3.75. The fourth-order valence-corrected chi connectivity index (χ4v) is 5.03. The number of hydrogen-bond donors (Lipinski definition) is 2. The van der Waals surface area contributed by atoms with Crippen LogP contribution >= 0.6 is 11.3 Å². The minimum atomic E-state index is -0.271. The average Bonchev–Trinajstić information content (AvgIpc) is 3.45. The number of nitrogens with one attached hydrogen (secondary N) is 2. The van der Waals surface area contributed by atoms with E-state index in [2.05, 4.69) is 32.7 Å². The maximum absolute atomic E-state index is 12.9. The van der Waals surface area contributed by atoms with Crippen molar-refractivity contribution >= 4 is 28.2 Å². The van der Waals surface area contributed by atoms with Gasteiger partial charge in [0.25, 0.3) is 11.8 Å². The summed E-state index contributed by atoms with van der Waals surface area (Å²) in [5.74, 6) is 0.784. The second-order valence-electron chi connectivity index (χ2n) is 7.59. The van der Waals surface area contributed by atoms with Crippen LogP contribution < -0.4 is 15.4 Å². The lowest BCUT2D eigenvalue weighted by molar-refractivity contribution is 0.0958. The first-order valence-corrected chi connectivity index (χ1v) is 11.7. The van der Waals surface area contributed by atoms with Crippen molar-refractivity contribution in [1.82, 2.24) is 25.5 Å². The number of anilines is 1. The Morgan fingerprint density at radius 2 is 2.00 bits per heavy atom. The molecule has 0 bridgehead atoms. The molecular weight excluding hydrogens is 440 g/mol. The summed E-state index contributed by atoms with van der Waals surface area (Å²) in [6.07, 6.45) is 5.57. The van der Waals surface area contributed by atoms with Crippen LogP contribution in [0.5, 0.6) is 5.75 Å². The first-order valence-electron chi connectivity index (χ1n) is 10.9. The number of nitrogens with zero attached hydrogens (tertiary/aromatic N) is 4. The normalized spacial score (nSPS) is 12.6. The summed E-state index contributed by atoms with van der Waals surface area (Å²) >= 11 is 1.50. The molecule has 0 radical (unpaired) electrons. The van der Waals surface area contributed by atoms with Gasteiger partial charge in [-0.15, -0.1) is 23.0 Å². The van der Waals surface area contributed by atoms with E-state index in [4.69, 9.17) is 4.74 Å². The summed E-state index contributed by atoms with van der Waals surface area (Å²) in [5.41, 5.74) is 2.12. The van der Waals surface area contributed by atoms with Crippen molar-refractivity contribution in [3.8, 4) is 5.75 Å². The molecular formula is C23H26N6O3S. The van der Waals surface area contributed by atoms with Crippen LogP contribution in [-0.4, -0.2) is 38.6 Å². The van der Waals surface area contributed by atoms with Gasteiger partial charge in [-0.2, -0.15) is 0 Å². The number of amides is 2. The molecule has 10 heteroatoms. The maximum Gasteiger partial charge on any atom is 0.256 e. The quantitative estimate of drug-likeness (QED) is 0.468. The second kappa shape index (κ2) is 10.4. The van der Waals surface area contributed by atoms with Gasteiger partial charge in [-0.1, -0.05) is 6.08 Å². The third kappa shape index (κ3) is 5.11. The summed E-state index contributed by atoms with van der Waals surface area (Å²) < 4.78 is 7.39. The minimum absolute atomic E-state index is 0.178. The van der Waals surface area contributed by atoms with Crippen molar-refractivity contribution in [3.63, 3.8) is 0 Å². The van der Waals surface area contributed by atoms with E-state index in [0.717, 1.165) is 31.2 Å². The third-order valence-electron chi connectivity index (χ3n) is 5.42. The Morgan fingerprint density at radius 3 is 2.76 bits per heavy atom. The van der Waals surface area contributed by atoms with Crippen LogP contribution in [0.2, 0.25) is 0 Å². The number of fused-ring (bicyclic) bond motifs is 1. The van der Waals surface area contributed by atoms with E-state index < -0.39 is 0 Å². The Balaban J connectivity index is 1.46. The van der Waals surface area contributed by atoms with E-state index >= 15 is 0 Å². The summed E-state index contributed by atoms with van der Waals surface area (Å²) in [6.45, 7) is 6.87. The molecule has 3 aromatic rings. The molecule has 33 heavy (non-hydrogen) atoms. The molecule has 9 nitrogen and oxygen atoms in total. The second-order valence-corrected chi connectivity index (χ2v) is 8.70. The molecule has 0 saturated heterocycles. The Kier molecular flexibility index (Phi) is 7.13. The summed E-state index contributed by atoms with van der Waals surface area (Å²) in [6, 6.07) is 6.84. The maximum atomic E-state index is 12.9. The molecule has 0 spiro atoms. The highest BCUT2D eigenvalue weighted by molar-refractivity contribution is 7.17. The van der Waals surface area contributed by atoms with Crippen LogP contribution in [0.3, 0.4) is 0 Å². The number of aryl methyl sites for hydroxylation is 2. The first-order chi connectivity index (χ1) is 16.1. The lowest BCUT2D eigenvalue weighted by Crippen LogP contribution is -2.25. The zero-order valence-electron chi connectivity index (χ0n) is 18.5. The number of aromatic nitrogens is 4. The molecule has 0 aliphatic heterocycles. The summed E-state index contributed by atoms with van der Waals surface area (Å²) in [5, 5.41) is 17.8. The van der Waals surface area contributed by atoms with Gasteiger partial charge in [0, 0.05) is 23.5 Å². The van der Waals surface area contributed by atoms with Crippen molar-refractivity contribution in [1.29, 1.82) is 0 Å². The third-order valence-corrected chi connectivity index (χ3v) is 6.63. The van der Waals surface area contributed by atoms with Gasteiger partial charge >= 0.3 is 0 Å².